The molecule has 0 bridgehead atoms. The van der Waals surface area contributed by atoms with Crippen LogP contribution in [0.2, 0.25) is 5.02 Å². The molecule has 0 aliphatic rings. The number of nitrogen functional groups attached to an aromatic ring is 1. The average Bonchev–Trinajstić information content (AvgIpc) is 2.70. The first kappa shape index (κ1) is 12.1. The van der Waals surface area contributed by atoms with Crippen molar-refractivity contribution in [3.63, 3.8) is 0 Å². The number of hydrogen-bond acceptors (Lipinski definition) is 3. The van der Waals surface area contributed by atoms with Gasteiger partial charge < -0.3 is 5.73 Å². The Labute approximate surface area is 109 Å². The molecule has 0 unspecified atom stereocenters. The van der Waals surface area contributed by atoms with Crippen molar-refractivity contribution in [3.8, 4) is 0 Å². The molecule has 4 heteroatoms. The molecule has 2 aromatic rings. The molecule has 0 amide bonds. The van der Waals surface area contributed by atoms with Crippen molar-refractivity contribution in [3.05, 3.63) is 51.4 Å². The number of nitrogens with two attached hydrogens (primary N) is 1. The molecule has 0 saturated heterocycles. The van der Waals surface area contributed by atoms with E-state index < -0.39 is 0 Å². The summed E-state index contributed by atoms with van der Waals surface area (Å²) >= 11 is 7.21. The van der Waals surface area contributed by atoms with Gasteiger partial charge in [-0.2, -0.15) is 0 Å². The van der Waals surface area contributed by atoms with Gasteiger partial charge in [-0.3, -0.25) is 4.79 Å². The Balaban J connectivity index is 2.43. The predicted molar refractivity (Wildman–Crippen MR) is 73.0 cm³/mol. The molecule has 1 heterocycles. The molecule has 0 spiro atoms. The molecule has 2 N–H and O–H groups in total. The Morgan fingerprint density at radius 1 is 1.35 bits per heavy atom. The SMILES string of the molecule is CCc1csc(N)c1C(=O)c1ccc(Cl)cc1. The van der Waals surface area contributed by atoms with Gasteiger partial charge in [0.25, 0.3) is 0 Å². The molecule has 0 fully saturated rings. The van der Waals surface area contributed by atoms with E-state index in [1.54, 1.807) is 24.3 Å². The van der Waals surface area contributed by atoms with Crippen molar-refractivity contribution in [1.82, 2.24) is 0 Å². The van der Waals surface area contributed by atoms with E-state index in [0.29, 0.717) is 21.2 Å². The second-order valence-corrected chi connectivity index (χ2v) is 5.04. The second-order valence-electron chi connectivity index (χ2n) is 3.69. The Bertz CT molecular complexity index is 545. The van der Waals surface area contributed by atoms with Crippen LogP contribution in [-0.4, -0.2) is 5.78 Å². The summed E-state index contributed by atoms with van der Waals surface area (Å²) in [6.45, 7) is 2.01. The number of carbonyl (C=O) groups is 1. The van der Waals surface area contributed by atoms with Gasteiger partial charge in [0.1, 0.15) is 0 Å². The lowest BCUT2D eigenvalue weighted by molar-refractivity contribution is 0.103. The average molecular weight is 266 g/mol. The number of rotatable bonds is 3. The summed E-state index contributed by atoms with van der Waals surface area (Å²) in [4.78, 5) is 12.3. The molecule has 2 rings (SSSR count). The van der Waals surface area contributed by atoms with Crippen molar-refractivity contribution in [2.75, 3.05) is 5.73 Å². The summed E-state index contributed by atoms with van der Waals surface area (Å²) in [6, 6.07) is 6.87. The third-order valence-electron chi connectivity index (χ3n) is 2.61. The van der Waals surface area contributed by atoms with E-state index >= 15 is 0 Å². The third-order valence-corrected chi connectivity index (χ3v) is 3.72. The maximum absolute atomic E-state index is 12.3. The fourth-order valence-corrected chi connectivity index (χ4v) is 2.70. The summed E-state index contributed by atoms with van der Waals surface area (Å²) < 4.78 is 0. The lowest BCUT2D eigenvalue weighted by atomic mass is 10.0. The second kappa shape index (κ2) is 4.90. The lowest BCUT2D eigenvalue weighted by Gasteiger charge is -2.03. The highest BCUT2D eigenvalue weighted by molar-refractivity contribution is 7.14. The third kappa shape index (κ3) is 2.35. The van der Waals surface area contributed by atoms with Crippen LogP contribution in [-0.2, 0) is 6.42 Å². The van der Waals surface area contributed by atoms with Crippen LogP contribution in [0, 0.1) is 0 Å². The van der Waals surface area contributed by atoms with E-state index in [0.717, 1.165) is 12.0 Å². The summed E-state index contributed by atoms with van der Waals surface area (Å²) in [5.74, 6) is -0.0303. The molecule has 17 heavy (non-hydrogen) atoms. The minimum absolute atomic E-state index is 0.0303. The molecular weight excluding hydrogens is 254 g/mol. The molecule has 88 valence electrons. The van der Waals surface area contributed by atoms with Gasteiger partial charge in [0.15, 0.2) is 5.78 Å². The minimum atomic E-state index is -0.0303. The standard InChI is InChI=1S/C13H12ClNOS/c1-2-8-7-17-13(15)11(8)12(16)9-3-5-10(14)6-4-9/h3-7H,2,15H2,1H3. The van der Waals surface area contributed by atoms with Crippen LogP contribution in [0.15, 0.2) is 29.6 Å². The molecule has 0 radical (unpaired) electrons. The molecule has 0 saturated carbocycles. The maximum Gasteiger partial charge on any atom is 0.196 e. The zero-order valence-electron chi connectivity index (χ0n) is 9.37. The highest BCUT2D eigenvalue weighted by Gasteiger charge is 2.17. The number of hydrogen-bond donors (Lipinski definition) is 1. The minimum Gasteiger partial charge on any atom is -0.390 e. The van der Waals surface area contributed by atoms with E-state index in [-0.39, 0.29) is 5.78 Å². The van der Waals surface area contributed by atoms with Gasteiger partial charge >= 0.3 is 0 Å². The van der Waals surface area contributed by atoms with E-state index in [9.17, 15) is 4.79 Å². The molecule has 1 aromatic heterocycles. The van der Waals surface area contributed by atoms with Crippen molar-refractivity contribution >= 4 is 33.7 Å². The molecule has 2 nitrogen and oxygen atoms in total. The molecule has 0 atom stereocenters. The normalized spacial score (nSPS) is 10.5. The van der Waals surface area contributed by atoms with Crippen LogP contribution in [0.1, 0.15) is 28.4 Å². The lowest BCUT2D eigenvalue weighted by Crippen LogP contribution is -2.05. The number of thiophene rings is 1. The number of aryl methyl sites for hydroxylation is 1. The van der Waals surface area contributed by atoms with Gasteiger partial charge in [-0.1, -0.05) is 18.5 Å². The summed E-state index contributed by atoms with van der Waals surface area (Å²) in [5, 5.41) is 3.15. The van der Waals surface area contributed by atoms with Crippen molar-refractivity contribution in [2.24, 2.45) is 0 Å². The Morgan fingerprint density at radius 2 is 2.00 bits per heavy atom. The van der Waals surface area contributed by atoms with Gasteiger partial charge in [-0.15, -0.1) is 11.3 Å². The van der Waals surface area contributed by atoms with Crippen molar-refractivity contribution in [1.29, 1.82) is 0 Å². The van der Waals surface area contributed by atoms with Crippen LogP contribution >= 0.6 is 22.9 Å². The van der Waals surface area contributed by atoms with E-state index in [2.05, 4.69) is 0 Å². The number of benzene rings is 1. The Kier molecular flexibility index (Phi) is 3.50. The molecule has 1 aromatic carbocycles. The summed E-state index contributed by atoms with van der Waals surface area (Å²) in [7, 11) is 0. The first-order valence-electron chi connectivity index (χ1n) is 5.29. The van der Waals surface area contributed by atoms with Crippen LogP contribution in [0.5, 0.6) is 0 Å². The van der Waals surface area contributed by atoms with Crippen molar-refractivity contribution in [2.45, 2.75) is 13.3 Å². The fraction of sp³-hybridized carbons (Fsp3) is 0.154. The highest BCUT2D eigenvalue weighted by atomic mass is 35.5. The highest BCUT2D eigenvalue weighted by Crippen LogP contribution is 2.28. The summed E-state index contributed by atoms with van der Waals surface area (Å²) in [6.07, 6.45) is 0.808. The zero-order valence-corrected chi connectivity index (χ0v) is 10.9. The van der Waals surface area contributed by atoms with Gasteiger partial charge in [0.2, 0.25) is 0 Å². The van der Waals surface area contributed by atoms with E-state index in [4.69, 9.17) is 17.3 Å². The Hall–Kier alpha value is -1.32. The van der Waals surface area contributed by atoms with Crippen LogP contribution in [0.25, 0.3) is 0 Å². The van der Waals surface area contributed by atoms with Crippen LogP contribution < -0.4 is 5.73 Å². The van der Waals surface area contributed by atoms with Gasteiger partial charge in [-0.05, 0) is 41.6 Å². The first-order chi connectivity index (χ1) is 8.13. The molecular formula is C13H12ClNOS. The van der Waals surface area contributed by atoms with Crippen LogP contribution in [0.4, 0.5) is 5.00 Å². The molecule has 0 aliphatic heterocycles. The smallest absolute Gasteiger partial charge is 0.196 e. The Morgan fingerprint density at radius 3 is 2.59 bits per heavy atom. The zero-order chi connectivity index (χ0) is 12.4. The largest absolute Gasteiger partial charge is 0.390 e. The summed E-state index contributed by atoms with van der Waals surface area (Å²) in [5.41, 5.74) is 8.12. The van der Waals surface area contributed by atoms with E-state index in [1.807, 2.05) is 12.3 Å². The maximum atomic E-state index is 12.3. The predicted octanol–water partition coefficient (Wildman–Crippen LogP) is 3.78. The number of ketones is 1. The molecule has 0 aliphatic carbocycles. The monoisotopic (exact) mass is 265 g/mol. The van der Waals surface area contributed by atoms with Crippen molar-refractivity contribution < 1.29 is 4.79 Å². The fourth-order valence-electron chi connectivity index (χ4n) is 1.67. The van der Waals surface area contributed by atoms with Gasteiger partial charge in [0, 0.05) is 10.6 Å². The van der Waals surface area contributed by atoms with E-state index in [1.165, 1.54) is 11.3 Å². The topological polar surface area (TPSA) is 43.1 Å². The quantitative estimate of drug-likeness (QED) is 0.859. The van der Waals surface area contributed by atoms with Gasteiger partial charge in [0.05, 0.1) is 10.6 Å². The first-order valence-corrected chi connectivity index (χ1v) is 6.55. The van der Waals surface area contributed by atoms with Crippen LogP contribution in [0.3, 0.4) is 0 Å². The van der Waals surface area contributed by atoms with Gasteiger partial charge in [-0.25, -0.2) is 0 Å². The number of anilines is 1. The number of carbonyl (C=O) groups excluding carboxylic acids is 1. The number of halogens is 1.